The summed E-state index contributed by atoms with van der Waals surface area (Å²) in [6.07, 6.45) is 5.03. The second-order valence-electron chi connectivity index (χ2n) is 4.56. The van der Waals surface area contributed by atoms with E-state index in [0.717, 1.165) is 31.6 Å². The fourth-order valence-corrected chi connectivity index (χ4v) is 2.53. The first-order valence-corrected chi connectivity index (χ1v) is 5.79. The molecule has 0 radical (unpaired) electrons. The standard InChI is InChI=1S/C12H19NO2/c1-2-12(14)13-8-10-7-11(10)9-3-5-15-6-4-9/h2,9-11H,1,3-8H2,(H,13,14)/t10-,11-/m0/s1. The average molecular weight is 209 g/mol. The van der Waals surface area contributed by atoms with Crippen molar-refractivity contribution in [1.29, 1.82) is 0 Å². The predicted molar refractivity (Wildman–Crippen MR) is 58.3 cm³/mol. The van der Waals surface area contributed by atoms with Crippen LogP contribution >= 0.6 is 0 Å². The molecule has 1 amide bonds. The van der Waals surface area contributed by atoms with Gasteiger partial charge in [-0.25, -0.2) is 0 Å². The number of carbonyl (C=O) groups excluding carboxylic acids is 1. The number of hydrogen-bond donors (Lipinski definition) is 1. The largest absolute Gasteiger partial charge is 0.381 e. The highest BCUT2D eigenvalue weighted by Crippen LogP contribution is 2.47. The molecule has 1 aliphatic heterocycles. The van der Waals surface area contributed by atoms with Crippen molar-refractivity contribution in [1.82, 2.24) is 5.32 Å². The van der Waals surface area contributed by atoms with Gasteiger partial charge in [-0.15, -0.1) is 0 Å². The topological polar surface area (TPSA) is 38.3 Å². The molecule has 0 spiro atoms. The van der Waals surface area contributed by atoms with Crippen molar-refractivity contribution in [2.75, 3.05) is 19.8 Å². The number of carbonyl (C=O) groups is 1. The van der Waals surface area contributed by atoms with Crippen LogP contribution in [0.2, 0.25) is 0 Å². The maximum absolute atomic E-state index is 11.0. The molecule has 1 N–H and O–H groups in total. The Morgan fingerprint density at radius 3 is 2.87 bits per heavy atom. The Balaban J connectivity index is 1.66. The fourth-order valence-electron chi connectivity index (χ4n) is 2.53. The Hall–Kier alpha value is -0.830. The molecule has 0 unspecified atom stereocenters. The van der Waals surface area contributed by atoms with Crippen LogP contribution in [0, 0.1) is 17.8 Å². The summed E-state index contributed by atoms with van der Waals surface area (Å²) in [6.45, 7) is 6.11. The summed E-state index contributed by atoms with van der Waals surface area (Å²) in [7, 11) is 0. The maximum Gasteiger partial charge on any atom is 0.243 e. The highest BCUT2D eigenvalue weighted by molar-refractivity contribution is 5.86. The van der Waals surface area contributed by atoms with Crippen molar-refractivity contribution in [2.45, 2.75) is 19.3 Å². The molecule has 3 heteroatoms. The van der Waals surface area contributed by atoms with Crippen LogP contribution in [0.4, 0.5) is 0 Å². The van der Waals surface area contributed by atoms with E-state index in [1.54, 1.807) is 0 Å². The molecule has 1 aliphatic carbocycles. The van der Waals surface area contributed by atoms with Gasteiger partial charge in [0.05, 0.1) is 0 Å². The summed E-state index contributed by atoms with van der Waals surface area (Å²) >= 11 is 0. The lowest BCUT2D eigenvalue weighted by Crippen LogP contribution is -2.25. The molecule has 2 atom stereocenters. The van der Waals surface area contributed by atoms with E-state index < -0.39 is 0 Å². The highest BCUT2D eigenvalue weighted by atomic mass is 16.5. The van der Waals surface area contributed by atoms with E-state index in [2.05, 4.69) is 11.9 Å². The number of ether oxygens (including phenoxy) is 1. The Morgan fingerprint density at radius 1 is 1.47 bits per heavy atom. The molecule has 0 aromatic rings. The quantitative estimate of drug-likeness (QED) is 0.710. The molecule has 1 heterocycles. The van der Waals surface area contributed by atoms with E-state index in [4.69, 9.17) is 4.74 Å². The van der Waals surface area contributed by atoms with Crippen molar-refractivity contribution in [3.63, 3.8) is 0 Å². The smallest absolute Gasteiger partial charge is 0.243 e. The van der Waals surface area contributed by atoms with Crippen LogP contribution in [0.5, 0.6) is 0 Å². The SMILES string of the molecule is C=CC(=O)NC[C@@H]1C[C@H]1C1CCOCC1. The van der Waals surface area contributed by atoms with Gasteiger partial charge in [0.1, 0.15) is 0 Å². The minimum Gasteiger partial charge on any atom is -0.381 e. The Kier molecular flexibility index (Phi) is 3.41. The molecule has 0 aromatic carbocycles. The molecule has 3 nitrogen and oxygen atoms in total. The van der Waals surface area contributed by atoms with Gasteiger partial charge in [0.2, 0.25) is 5.91 Å². The van der Waals surface area contributed by atoms with Crippen LogP contribution in [-0.2, 0) is 9.53 Å². The van der Waals surface area contributed by atoms with Gasteiger partial charge in [0.15, 0.2) is 0 Å². The first-order chi connectivity index (χ1) is 7.31. The lowest BCUT2D eigenvalue weighted by atomic mass is 9.93. The van der Waals surface area contributed by atoms with Crippen LogP contribution in [0.15, 0.2) is 12.7 Å². The van der Waals surface area contributed by atoms with Gasteiger partial charge in [0.25, 0.3) is 0 Å². The number of hydrogen-bond acceptors (Lipinski definition) is 2. The van der Waals surface area contributed by atoms with Gasteiger partial charge in [-0.2, -0.15) is 0 Å². The fraction of sp³-hybridized carbons (Fsp3) is 0.750. The van der Waals surface area contributed by atoms with Crippen molar-refractivity contribution < 1.29 is 9.53 Å². The van der Waals surface area contributed by atoms with Crippen molar-refractivity contribution >= 4 is 5.91 Å². The van der Waals surface area contributed by atoms with E-state index in [1.807, 2.05) is 0 Å². The van der Waals surface area contributed by atoms with Crippen LogP contribution in [0.1, 0.15) is 19.3 Å². The summed E-state index contributed by atoms with van der Waals surface area (Å²) in [5, 5.41) is 2.88. The molecule has 15 heavy (non-hydrogen) atoms. The zero-order chi connectivity index (χ0) is 10.7. The molecule has 84 valence electrons. The molecular weight excluding hydrogens is 190 g/mol. The van der Waals surface area contributed by atoms with Crippen LogP contribution in [0.25, 0.3) is 0 Å². The summed E-state index contributed by atoms with van der Waals surface area (Å²) < 4.78 is 5.35. The van der Waals surface area contributed by atoms with Crippen LogP contribution in [-0.4, -0.2) is 25.7 Å². The molecule has 0 bridgehead atoms. The van der Waals surface area contributed by atoms with Crippen molar-refractivity contribution in [3.8, 4) is 0 Å². The molecular formula is C12H19NO2. The van der Waals surface area contributed by atoms with Crippen LogP contribution < -0.4 is 5.32 Å². The van der Waals surface area contributed by atoms with Gasteiger partial charge in [-0.3, -0.25) is 4.79 Å². The van der Waals surface area contributed by atoms with E-state index in [-0.39, 0.29) is 5.91 Å². The lowest BCUT2D eigenvalue weighted by Gasteiger charge is -2.22. The molecule has 2 fully saturated rings. The second kappa shape index (κ2) is 4.79. The first kappa shape index (κ1) is 10.7. The third-order valence-corrected chi connectivity index (χ3v) is 3.57. The molecule has 2 rings (SSSR count). The van der Waals surface area contributed by atoms with Crippen molar-refractivity contribution in [2.24, 2.45) is 17.8 Å². The number of amides is 1. The number of nitrogens with one attached hydrogen (secondary N) is 1. The normalized spacial score (nSPS) is 30.9. The van der Waals surface area contributed by atoms with Crippen molar-refractivity contribution in [3.05, 3.63) is 12.7 Å². The second-order valence-corrected chi connectivity index (χ2v) is 4.56. The average Bonchev–Trinajstić information content (AvgIpc) is 3.06. The molecule has 1 saturated carbocycles. The Bertz CT molecular complexity index is 246. The molecule has 2 aliphatic rings. The van der Waals surface area contributed by atoms with Gasteiger partial charge < -0.3 is 10.1 Å². The maximum atomic E-state index is 11.0. The third-order valence-electron chi connectivity index (χ3n) is 3.57. The van der Waals surface area contributed by atoms with E-state index >= 15 is 0 Å². The summed E-state index contributed by atoms with van der Waals surface area (Å²) in [5.74, 6) is 2.33. The van der Waals surface area contributed by atoms with Gasteiger partial charge in [-0.1, -0.05) is 6.58 Å². The number of rotatable bonds is 4. The van der Waals surface area contributed by atoms with Crippen LogP contribution in [0.3, 0.4) is 0 Å². The summed E-state index contributed by atoms with van der Waals surface area (Å²) in [4.78, 5) is 11.0. The Labute approximate surface area is 90.9 Å². The summed E-state index contributed by atoms with van der Waals surface area (Å²) in [5.41, 5.74) is 0. The monoisotopic (exact) mass is 209 g/mol. The molecule has 1 saturated heterocycles. The zero-order valence-corrected chi connectivity index (χ0v) is 9.08. The van der Waals surface area contributed by atoms with Gasteiger partial charge in [0, 0.05) is 19.8 Å². The van der Waals surface area contributed by atoms with E-state index in [0.29, 0.717) is 5.92 Å². The zero-order valence-electron chi connectivity index (χ0n) is 9.08. The Morgan fingerprint density at radius 2 is 2.20 bits per heavy atom. The minimum absolute atomic E-state index is 0.0485. The van der Waals surface area contributed by atoms with Gasteiger partial charge >= 0.3 is 0 Å². The van der Waals surface area contributed by atoms with E-state index in [1.165, 1.54) is 25.3 Å². The predicted octanol–water partition coefficient (Wildman–Crippen LogP) is 1.35. The third kappa shape index (κ3) is 2.81. The van der Waals surface area contributed by atoms with E-state index in [9.17, 15) is 4.79 Å². The van der Waals surface area contributed by atoms with Gasteiger partial charge in [-0.05, 0) is 43.1 Å². The molecule has 0 aromatic heterocycles. The summed E-state index contributed by atoms with van der Waals surface area (Å²) in [6, 6.07) is 0. The minimum atomic E-state index is -0.0485. The highest BCUT2D eigenvalue weighted by Gasteiger charge is 2.42. The first-order valence-electron chi connectivity index (χ1n) is 5.79. The lowest BCUT2D eigenvalue weighted by molar-refractivity contribution is -0.116.